The monoisotopic (exact) mass is 255 g/mol. The summed E-state index contributed by atoms with van der Waals surface area (Å²) < 4.78 is 0. The zero-order valence-corrected chi connectivity index (χ0v) is 11.6. The molecule has 1 N–H and O–H groups in total. The molecular formula is C15H17BOP. The topological polar surface area (TPSA) is 20.2 Å². The van der Waals surface area contributed by atoms with E-state index in [1.165, 1.54) is 5.56 Å². The predicted octanol–water partition coefficient (Wildman–Crippen LogP) is 2.77. The van der Waals surface area contributed by atoms with Gasteiger partial charge in [-0.05, 0) is 17.5 Å². The van der Waals surface area contributed by atoms with E-state index in [2.05, 4.69) is 26.0 Å². The molecule has 2 aromatic rings. The van der Waals surface area contributed by atoms with E-state index < -0.39 is 8.15 Å². The average Bonchev–Trinajstić information content (AvgIpc) is 2.39. The Hall–Kier alpha value is -1.11. The Balaban J connectivity index is 0.00000162. The lowest BCUT2D eigenvalue weighted by atomic mass is 10.0. The molecule has 1 nitrogen and oxygen atoms in total. The van der Waals surface area contributed by atoms with Crippen LogP contribution < -0.4 is 10.6 Å². The van der Waals surface area contributed by atoms with Gasteiger partial charge in [0, 0.05) is 19.0 Å². The van der Waals surface area contributed by atoms with Crippen LogP contribution in [0.3, 0.4) is 0 Å². The van der Waals surface area contributed by atoms with Gasteiger partial charge in [0.1, 0.15) is 0 Å². The van der Waals surface area contributed by atoms with Crippen molar-refractivity contribution in [1.82, 2.24) is 0 Å². The zero-order chi connectivity index (χ0) is 12.3. The molecule has 18 heavy (non-hydrogen) atoms. The third-order valence-corrected chi connectivity index (χ3v) is 4.34. The molecular weight excluding hydrogens is 238 g/mol. The van der Waals surface area contributed by atoms with E-state index in [9.17, 15) is 4.89 Å². The molecule has 0 aliphatic heterocycles. The molecule has 0 aliphatic carbocycles. The average molecular weight is 255 g/mol. The van der Waals surface area contributed by atoms with Crippen LogP contribution in [0.4, 0.5) is 0 Å². The van der Waals surface area contributed by atoms with Crippen LogP contribution in [0.15, 0.2) is 54.6 Å². The van der Waals surface area contributed by atoms with Gasteiger partial charge < -0.3 is 4.89 Å². The first-order chi connectivity index (χ1) is 8.18. The highest BCUT2D eigenvalue weighted by atomic mass is 31.1. The summed E-state index contributed by atoms with van der Waals surface area (Å²) in [6, 6.07) is 18.1. The minimum atomic E-state index is -1.21. The Kier molecular flexibility index (Phi) is 5.59. The van der Waals surface area contributed by atoms with Gasteiger partial charge in [0.05, 0.1) is 8.15 Å². The number of benzene rings is 2. The summed E-state index contributed by atoms with van der Waals surface area (Å²) in [6.07, 6.45) is 0. The molecule has 3 heteroatoms. The first-order valence-electron chi connectivity index (χ1n) is 5.82. The Labute approximate surface area is 112 Å². The summed E-state index contributed by atoms with van der Waals surface area (Å²) in [4.78, 5) is 10.4. The van der Waals surface area contributed by atoms with Crippen molar-refractivity contribution in [1.29, 1.82) is 0 Å². The molecule has 3 radical (unpaired) electrons. The molecule has 0 aromatic heterocycles. The van der Waals surface area contributed by atoms with Gasteiger partial charge >= 0.3 is 0 Å². The van der Waals surface area contributed by atoms with E-state index in [-0.39, 0.29) is 8.41 Å². The maximum absolute atomic E-state index is 10.4. The smallest absolute Gasteiger partial charge is 0.0877 e. The van der Waals surface area contributed by atoms with Crippen molar-refractivity contribution in [2.75, 3.05) is 0 Å². The zero-order valence-electron chi connectivity index (χ0n) is 10.7. The second kappa shape index (κ2) is 6.73. The van der Waals surface area contributed by atoms with E-state index in [0.717, 1.165) is 10.6 Å². The number of hydrogen-bond donors (Lipinski definition) is 1. The molecule has 0 fully saturated rings. The fourth-order valence-corrected chi connectivity index (χ4v) is 2.99. The van der Waals surface area contributed by atoms with Gasteiger partial charge in [-0.25, -0.2) is 0 Å². The normalized spacial score (nSPS) is 12.0. The molecule has 0 bridgehead atoms. The van der Waals surface area contributed by atoms with Gasteiger partial charge in [-0.3, -0.25) is 0 Å². The first-order valence-corrected chi connectivity index (χ1v) is 7.12. The highest BCUT2D eigenvalue weighted by Crippen LogP contribution is 2.28. The first kappa shape index (κ1) is 15.0. The lowest BCUT2D eigenvalue weighted by molar-refractivity contribution is 0.644. The Morgan fingerprint density at radius 2 is 1.50 bits per heavy atom. The lowest BCUT2D eigenvalue weighted by Gasteiger charge is -2.13. The van der Waals surface area contributed by atoms with Crippen LogP contribution in [-0.4, -0.2) is 13.3 Å². The van der Waals surface area contributed by atoms with Gasteiger partial charge in [-0.15, -0.1) is 0 Å². The quantitative estimate of drug-likeness (QED) is 0.660. The van der Waals surface area contributed by atoms with Crippen molar-refractivity contribution >= 4 is 27.2 Å². The molecule has 2 rings (SSSR count). The van der Waals surface area contributed by atoms with Crippen molar-refractivity contribution in [3.05, 3.63) is 60.2 Å². The Bertz CT molecular complexity index is 485. The maximum atomic E-state index is 10.4. The highest BCUT2D eigenvalue weighted by Gasteiger charge is 2.11. The van der Waals surface area contributed by atoms with E-state index in [0.29, 0.717) is 5.92 Å². The molecule has 0 spiro atoms. The van der Waals surface area contributed by atoms with Crippen molar-refractivity contribution in [2.24, 2.45) is 0 Å². The summed E-state index contributed by atoms with van der Waals surface area (Å²) >= 11 is 0. The largest absolute Gasteiger partial charge is 0.364 e. The van der Waals surface area contributed by atoms with Crippen LogP contribution in [0.1, 0.15) is 25.3 Å². The van der Waals surface area contributed by atoms with Gasteiger partial charge in [0.15, 0.2) is 0 Å². The highest BCUT2D eigenvalue weighted by molar-refractivity contribution is 7.67. The van der Waals surface area contributed by atoms with Gasteiger partial charge in [0.2, 0.25) is 0 Å². The molecule has 0 amide bonds. The minimum Gasteiger partial charge on any atom is -0.364 e. The van der Waals surface area contributed by atoms with E-state index >= 15 is 0 Å². The van der Waals surface area contributed by atoms with E-state index in [1.54, 1.807) is 0 Å². The van der Waals surface area contributed by atoms with Crippen LogP contribution in [0.25, 0.3) is 0 Å². The van der Waals surface area contributed by atoms with Crippen molar-refractivity contribution < 1.29 is 4.89 Å². The summed E-state index contributed by atoms with van der Waals surface area (Å²) in [7, 11) is -1.21. The molecule has 91 valence electrons. The van der Waals surface area contributed by atoms with Crippen molar-refractivity contribution in [3.63, 3.8) is 0 Å². The van der Waals surface area contributed by atoms with Crippen LogP contribution in [-0.2, 0) is 0 Å². The molecule has 0 heterocycles. The lowest BCUT2D eigenvalue weighted by Crippen LogP contribution is -2.11. The molecule has 1 unspecified atom stereocenters. The molecule has 0 aliphatic rings. The van der Waals surface area contributed by atoms with Crippen LogP contribution in [0, 0.1) is 0 Å². The molecule has 0 saturated carbocycles. The van der Waals surface area contributed by atoms with Crippen molar-refractivity contribution in [3.8, 4) is 0 Å². The Morgan fingerprint density at radius 3 is 2.11 bits per heavy atom. The predicted molar refractivity (Wildman–Crippen MR) is 81.1 cm³/mol. The fourth-order valence-electron chi connectivity index (χ4n) is 1.73. The molecule has 1 atom stereocenters. The van der Waals surface area contributed by atoms with E-state index in [4.69, 9.17) is 0 Å². The van der Waals surface area contributed by atoms with Gasteiger partial charge in [-0.2, -0.15) is 0 Å². The third-order valence-electron chi connectivity index (χ3n) is 2.78. The third kappa shape index (κ3) is 3.44. The van der Waals surface area contributed by atoms with Crippen molar-refractivity contribution in [2.45, 2.75) is 19.8 Å². The second-order valence-corrected chi connectivity index (χ2v) is 6.05. The van der Waals surface area contributed by atoms with Gasteiger partial charge in [0.25, 0.3) is 0 Å². The van der Waals surface area contributed by atoms with Crippen LogP contribution in [0.2, 0.25) is 0 Å². The summed E-state index contributed by atoms with van der Waals surface area (Å²) in [6.45, 7) is 4.34. The summed E-state index contributed by atoms with van der Waals surface area (Å²) in [5.41, 5.74) is 1.28. The van der Waals surface area contributed by atoms with Crippen LogP contribution in [0.5, 0.6) is 0 Å². The summed E-state index contributed by atoms with van der Waals surface area (Å²) in [5.74, 6) is 0.495. The van der Waals surface area contributed by atoms with E-state index in [1.807, 2.05) is 42.5 Å². The minimum absolute atomic E-state index is 0. The maximum Gasteiger partial charge on any atom is 0.0877 e. The van der Waals surface area contributed by atoms with Gasteiger partial charge in [-0.1, -0.05) is 62.4 Å². The number of rotatable bonds is 3. The molecule has 0 saturated heterocycles. The standard InChI is InChI=1S/C15H17OP.B/c1-12(2)13-7-6-10-15(11-13)17(16)14-8-4-3-5-9-14;/h3-12,16H,1-2H3;. The Morgan fingerprint density at radius 1 is 0.889 bits per heavy atom. The number of hydrogen-bond acceptors (Lipinski definition) is 1. The summed E-state index contributed by atoms with van der Waals surface area (Å²) in [5, 5.41) is 2.03. The molecule has 2 aromatic carbocycles. The second-order valence-electron chi connectivity index (χ2n) is 4.40. The fraction of sp³-hybridized carbons (Fsp3) is 0.200. The van der Waals surface area contributed by atoms with Crippen LogP contribution >= 0.6 is 8.15 Å². The SMILES string of the molecule is CC(C)c1cccc(P(O)c2ccccc2)c1.[B].